The number of rotatable bonds is 6. The molecular weight excluding hydrogens is 350 g/mol. The molecule has 1 N–H and O–H groups in total. The number of hydrogen-bond donors (Lipinski definition) is 1. The van der Waals surface area contributed by atoms with Crippen molar-refractivity contribution < 1.29 is 9.53 Å². The molecule has 0 atom stereocenters. The van der Waals surface area contributed by atoms with Crippen LogP contribution >= 0.6 is 0 Å². The number of nitrogens with one attached hydrogen (secondary N) is 1. The zero-order valence-electron chi connectivity index (χ0n) is 16.6. The molecule has 0 radical (unpaired) electrons. The van der Waals surface area contributed by atoms with Crippen LogP contribution < -0.4 is 5.32 Å². The highest BCUT2D eigenvalue weighted by molar-refractivity contribution is 5.88. The third kappa shape index (κ3) is 3.95. The SMILES string of the molecule is CCOC(=O)c1cnc(CC2(c3ccc(C4CCNCC4)cc3)CCC2)nc1. The zero-order valence-corrected chi connectivity index (χ0v) is 16.6. The fourth-order valence-corrected chi connectivity index (χ4v) is 4.50. The molecular formula is C23H29N3O2. The van der Waals surface area contributed by atoms with Crippen molar-refractivity contribution in [3.63, 3.8) is 0 Å². The summed E-state index contributed by atoms with van der Waals surface area (Å²) < 4.78 is 5.01. The van der Waals surface area contributed by atoms with E-state index in [-0.39, 0.29) is 11.4 Å². The van der Waals surface area contributed by atoms with E-state index in [0.29, 0.717) is 18.1 Å². The summed E-state index contributed by atoms with van der Waals surface area (Å²) in [5.74, 6) is 1.13. The Morgan fingerprint density at radius 1 is 1.14 bits per heavy atom. The van der Waals surface area contributed by atoms with Crippen LogP contribution in [-0.2, 0) is 16.6 Å². The summed E-state index contributed by atoms with van der Waals surface area (Å²) in [6.07, 6.45) is 10.0. The Kier molecular flexibility index (Phi) is 5.72. The summed E-state index contributed by atoms with van der Waals surface area (Å²) in [4.78, 5) is 20.7. The van der Waals surface area contributed by atoms with Crippen molar-refractivity contribution in [2.24, 2.45) is 0 Å². The molecule has 5 heteroatoms. The van der Waals surface area contributed by atoms with Crippen LogP contribution in [0.1, 0.15) is 72.3 Å². The fourth-order valence-electron chi connectivity index (χ4n) is 4.50. The van der Waals surface area contributed by atoms with E-state index in [2.05, 4.69) is 39.6 Å². The van der Waals surface area contributed by atoms with Gasteiger partial charge < -0.3 is 10.1 Å². The number of esters is 1. The van der Waals surface area contributed by atoms with Crippen molar-refractivity contribution >= 4 is 5.97 Å². The fraction of sp³-hybridized carbons (Fsp3) is 0.522. The van der Waals surface area contributed by atoms with Crippen LogP contribution in [0.2, 0.25) is 0 Å². The molecule has 4 rings (SSSR count). The van der Waals surface area contributed by atoms with Gasteiger partial charge in [-0.15, -0.1) is 0 Å². The number of benzene rings is 1. The maximum absolute atomic E-state index is 11.8. The van der Waals surface area contributed by atoms with Gasteiger partial charge in [-0.05, 0) is 62.7 Å². The van der Waals surface area contributed by atoms with Gasteiger partial charge in [0.15, 0.2) is 0 Å². The maximum Gasteiger partial charge on any atom is 0.341 e. The summed E-state index contributed by atoms with van der Waals surface area (Å²) >= 11 is 0. The zero-order chi connectivity index (χ0) is 19.4. The summed E-state index contributed by atoms with van der Waals surface area (Å²) in [5, 5.41) is 3.44. The van der Waals surface area contributed by atoms with E-state index in [9.17, 15) is 4.79 Å². The second-order valence-corrected chi connectivity index (χ2v) is 8.07. The number of nitrogens with zero attached hydrogens (tertiary/aromatic N) is 2. The first-order chi connectivity index (χ1) is 13.7. The van der Waals surface area contributed by atoms with Gasteiger partial charge in [-0.25, -0.2) is 14.8 Å². The van der Waals surface area contributed by atoms with Crippen LogP contribution in [0, 0.1) is 0 Å². The molecule has 1 saturated heterocycles. The lowest BCUT2D eigenvalue weighted by Gasteiger charge is -2.42. The molecule has 2 aliphatic rings. The molecule has 1 aromatic heterocycles. The van der Waals surface area contributed by atoms with Crippen molar-refractivity contribution in [2.75, 3.05) is 19.7 Å². The van der Waals surface area contributed by atoms with Gasteiger partial charge in [-0.2, -0.15) is 0 Å². The van der Waals surface area contributed by atoms with Crippen LogP contribution in [0.25, 0.3) is 0 Å². The van der Waals surface area contributed by atoms with Crippen LogP contribution in [-0.4, -0.2) is 35.6 Å². The number of ether oxygens (including phenoxy) is 1. The lowest BCUT2D eigenvalue weighted by atomic mass is 9.62. The molecule has 28 heavy (non-hydrogen) atoms. The molecule has 0 spiro atoms. The first-order valence-electron chi connectivity index (χ1n) is 10.5. The van der Waals surface area contributed by atoms with E-state index in [0.717, 1.165) is 25.3 Å². The largest absolute Gasteiger partial charge is 0.462 e. The molecule has 5 nitrogen and oxygen atoms in total. The Morgan fingerprint density at radius 2 is 1.82 bits per heavy atom. The van der Waals surface area contributed by atoms with Crippen molar-refractivity contribution in [1.29, 1.82) is 0 Å². The van der Waals surface area contributed by atoms with Crippen molar-refractivity contribution in [3.05, 3.63) is 59.2 Å². The van der Waals surface area contributed by atoms with Crippen molar-refractivity contribution in [3.8, 4) is 0 Å². The molecule has 1 aliphatic heterocycles. The summed E-state index contributed by atoms with van der Waals surface area (Å²) in [7, 11) is 0. The van der Waals surface area contributed by atoms with E-state index < -0.39 is 0 Å². The van der Waals surface area contributed by atoms with Crippen molar-refractivity contribution in [2.45, 2.75) is 56.8 Å². The van der Waals surface area contributed by atoms with E-state index in [4.69, 9.17) is 4.74 Å². The second-order valence-electron chi connectivity index (χ2n) is 8.07. The van der Waals surface area contributed by atoms with E-state index in [1.807, 2.05) is 0 Å². The highest BCUT2D eigenvalue weighted by Gasteiger charge is 2.39. The normalized spacial score (nSPS) is 19.0. The molecule has 1 aromatic carbocycles. The standard InChI is InChI=1S/C23H29N3O2/c1-2-28-22(27)19-15-25-21(26-16-19)14-23(10-3-11-23)20-6-4-17(5-7-20)18-8-12-24-13-9-18/h4-7,15-16,18,24H,2-3,8-14H2,1H3. The van der Waals surface area contributed by atoms with E-state index in [1.54, 1.807) is 19.3 Å². The van der Waals surface area contributed by atoms with Crippen LogP contribution in [0.4, 0.5) is 0 Å². The quantitative estimate of drug-likeness (QED) is 0.774. The van der Waals surface area contributed by atoms with Crippen LogP contribution in [0.5, 0.6) is 0 Å². The summed E-state index contributed by atoms with van der Waals surface area (Å²) in [5.41, 5.74) is 3.42. The third-order valence-corrected chi connectivity index (χ3v) is 6.36. The van der Waals surface area contributed by atoms with Gasteiger partial charge in [0.05, 0.1) is 12.2 Å². The number of piperidine rings is 1. The molecule has 2 heterocycles. The molecule has 2 fully saturated rings. The average Bonchev–Trinajstić information content (AvgIpc) is 2.72. The predicted molar refractivity (Wildman–Crippen MR) is 109 cm³/mol. The topological polar surface area (TPSA) is 64.1 Å². The Hall–Kier alpha value is -2.27. The number of carbonyl (C=O) groups excluding carboxylic acids is 1. The van der Waals surface area contributed by atoms with Gasteiger partial charge in [0.25, 0.3) is 0 Å². The maximum atomic E-state index is 11.8. The molecule has 1 saturated carbocycles. The van der Waals surface area contributed by atoms with Gasteiger partial charge in [0, 0.05) is 24.2 Å². The average molecular weight is 380 g/mol. The van der Waals surface area contributed by atoms with E-state index in [1.165, 1.54) is 43.2 Å². The molecule has 0 amide bonds. The first kappa shape index (κ1) is 19.1. The Bertz CT molecular complexity index is 792. The minimum absolute atomic E-state index is 0.137. The minimum atomic E-state index is -0.360. The highest BCUT2D eigenvalue weighted by atomic mass is 16.5. The Labute approximate surface area is 166 Å². The number of hydrogen-bond acceptors (Lipinski definition) is 5. The molecule has 0 bridgehead atoms. The number of carbonyl (C=O) groups is 1. The summed E-state index contributed by atoms with van der Waals surface area (Å²) in [6, 6.07) is 9.30. The molecule has 2 aromatic rings. The summed E-state index contributed by atoms with van der Waals surface area (Å²) in [6.45, 7) is 4.39. The number of aromatic nitrogens is 2. The van der Waals surface area contributed by atoms with Crippen LogP contribution in [0.3, 0.4) is 0 Å². The molecule has 0 unspecified atom stereocenters. The molecule has 1 aliphatic carbocycles. The van der Waals surface area contributed by atoms with Gasteiger partial charge in [0.2, 0.25) is 0 Å². The van der Waals surface area contributed by atoms with E-state index >= 15 is 0 Å². The predicted octanol–water partition coefficient (Wildman–Crippen LogP) is 3.78. The second kappa shape index (κ2) is 8.39. The molecule has 148 valence electrons. The smallest absolute Gasteiger partial charge is 0.341 e. The van der Waals surface area contributed by atoms with Gasteiger partial charge in [0.1, 0.15) is 5.82 Å². The Balaban J connectivity index is 1.47. The van der Waals surface area contributed by atoms with Crippen LogP contribution in [0.15, 0.2) is 36.7 Å². The Morgan fingerprint density at radius 3 is 2.39 bits per heavy atom. The van der Waals surface area contributed by atoms with Gasteiger partial charge in [-0.1, -0.05) is 30.7 Å². The highest BCUT2D eigenvalue weighted by Crippen LogP contribution is 2.46. The van der Waals surface area contributed by atoms with Gasteiger partial charge >= 0.3 is 5.97 Å². The lowest BCUT2D eigenvalue weighted by molar-refractivity contribution is 0.0525. The minimum Gasteiger partial charge on any atom is -0.462 e. The third-order valence-electron chi connectivity index (χ3n) is 6.36. The lowest BCUT2D eigenvalue weighted by Crippen LogP contribution is -2.37. The first-order valence-corrected chi connectivity index (χ1v) is 10.5. The monoisotopic (exact) mass is 379 g/mol. The van der Waals surface area contributed by atoms with Crippen molar-refractivity contribution in [1.82, 2.24) is 15.3 Å². The van der Waals surface area contributed by atoms with Gasteiger partial charge in [-0.3, -0.25) is 0 Å².